The summed E-state index contributed by atoms with van der Waals surface area (Å²) in [6.45, 7) is 1.41. The molecule has 0 spiro atoms. The van der Waals surface area contributed by atoms with Crippen LogP contribution in [0.5, 0.6) is 0 Å². The Labute approximate surface area is 163 Å². The van der Waals surface area contributed by atoms with Crippen molar-refractivity contribution in [1.82, 2.24) is 4.90 Å². The van der Waals surface area contributed by atoms with Crippen LogP contribution in [0.3, 0.4) is 0 Å². The van der Waals surface area contributed by atoms with Crippen LogP contribution in [0.1, 0.15) is 35.7 Å². The van der Waals surface area contributed by atoms with Gasteiger partial charge in [0.15, 0.2) is 5.78 Å². The van der Waals surface area contributed by atoms with E-state index in [-0.39, 0.29) is 25.2 Å². The Bertz CT molecular complexity index is 878. The highest BCUT2D eigenvalue weighted by atomic mass is 16.5. The molecule has 1 heterocycles. The number of ether oxygens (including phenoxy) is 1. The van der Waals surface area contributed by atoms with Crippen molar-refractivity contribution in [2.45, 2.75) is 32.4 Å². The Hall–Kier alpha value is -3.28. The first-order valence-electron chi connectivity index (χ1n) is 9.11. The van der Waals surface area contributed by atoms with Crippen LogP contribution in [-0.4, -0.2) is 34.5 Å². The number of hydrogen-bond donors (Lipinski definition) is 0. The van der Waals surface area contributed by atoms with E-state index < -0.39 is 29.7 Å². The second kappa shape index (κ2) is 8.61. The minimum absolute atomic E-state index is 0.00749. The first-order valence-corrected chi connectivity index (χ1v) is 9.11. The van der Waals surface area contributed by atoms with Gasteiger partial charge in [0, 0.05) is 18.9 Å². The number of imide groups is 1. The number of likely N-dealkylation sites (tertiary alicyclic amines) is 1. The topological polar surface area (TPSA) is 80.8 Å². The maximum atomic E-state index is 12.8. The van der Waals surface area contributed by atoms with E-state index in [4.69, 9.17) is 4.74 Å². The molecule has 6 heteroatoms. The monoisotopic (exact) mass is 379 g/mol. The molecule has 28 heavy (non-hydrogen) atoms. The van der Waals surface area contributed by atoms with Gasteiger partial charge in [0.2, 0.25) is 11.8 Å². The summed E-state index contributed by atoms with van der Waals surface area (Å²) < 4.78 is 5.22. The number of β-lactam (4-membered cyclic amide) rings is 1. The van der Waals surface area contributed by atoms with Gasteiger partial charge in [-0.05, 0) is 12.0 Å². The maximum absolute atomic E-state index is 12.8. The van der Waals surface area contributed by atoms with Crippen molar-refractivity contribution < 1.29 is 23.9 Å². The maximum Gasteiger partial charge on any atom is 0.306 e. The van der Waals surface area contributed by atoms with Crippen molar-refractivity contribution in [3.05, 3.63) is 71.8 Å². The lowest BCUT2D eigenvalue weighted by Crippen LogP contribution is -2.65. The molecule has 0 bridgehead atoms. The van der Waals surface area contributed by atoms with Crippen molar-refractivity contribution in [3.63, 3.8) is 0 Å². The fraction of sp³-hybridized carbons (Fsp3) is 0.273. The van der Waals surface area contributed by atoms with Crippen molar-refractivity contribution >= 4 is 23.6 Å². The number of esters is 1. The van der Waals surface area contributed by atoms with Crippen molar-refractivity contribution in [2.24, 2.45) is 5.92 Å². The average Bonchev–Trinajstić information content (AvgIpc) is 2.71. The van der Waals surface area contributed by atoms with Crippen molar-refractivity contribution in [2.75, 3.05) is 0 Å². The molecule has 3 rings (SSSR count). The van der Waals surface area contributed by atoms with E-state index in [0.29, 0.717) is 5.56 Å². The van der Waals surface area contributed by atoms with Crippen LogP contribution >= 0.6 is 0 Å². The lowest BCUT2D eigenvalue weighted by molar-refractivity contribution is -0.163. The van der Waals surface area contributed by atoms with Gasteiger partial charge in [-0.2, -0.15) is 0 Å². The van der Waals surface area contributed by atoms with Crippen LogP contribution in [0.15, 0.2) is 60.7 Å². The third-order valence-electron chi connectivity index (χ3n) is 4.78. The number of carbonyl (C=O) groups excluding carboxylic acids is 4. The fourth-order valence-corrected chi connectivity index (χ4v) is 3.34. The summed E-state index contributed by atoms with van der Waals surface area (Å²) in [5.41, 5.74) is 1.30. The van der Waals surface area contributed by atoms with E-state index in [9.17, 15) is 19.2 Å². The number of ketones is 1. The molecule has 2 amide bonds. The Morgan fingerprint density at radius 3 is 2.18 bits per heavy atom. The zero-order valence-corrected chi connectivity index (χ0v) is 15.5. The van der Waals surface area contributed by atoms with E-state index in [1.807, 2.05) is 30.3 Å². The Kier molecular flexibility index (Phi) is 5.99. The summed E-state index contributed by atoms with van der Waals surface area (Å²) in [7, 11) is 0. The minimum Gasteiger partial charge on any atom is -0.461 e. The van der Waals surface area contributed by atoms with Crippen LogP contribution in [0.4, 0.5) is 0 Å². The van der Waals surface area contributed by atoms with Gasteiger partial charge in [0.05, 0.1) is 5.92 Å². The highest BCUT2D eigenvalue weighted by Crippen LogP contribution is 2.33. The lowest BCUT2D eigenvalue weighted by Gasteiger charge is -2.44. The molecule has 2 atom stereocenters. The minimum atomic E-state index is -0.866. The van der Waals surface area contributed by atoms with E-state index in [1.165, 1.54) is 6.92 Å². The fourth-order valence-electron chi connectivity index (χ4n) is 3.34. The normalized spacial score (nSPS) is 18.3. The molecule has 6 nitrogen and oxygen atoms in total. The third kappa shape index (κ3) is 4.17. The van der Waals surface area contributed by atoms with Gasteiger partial charge < -0.3 is 4.74 Å². The molecular weight excluding hydrogens is 358 g/mol. The zero-order valence-electron chi connectivity index (χ0n) is 15.5. The van der Waals surface area contributed by atoms with Gasteiger partial charge in [-0.15, -0.1) is 0 Å². The number of Topliss-reactive ketones (excluding diaryl/α,β-unsaturated/α-hetero) is 1. The molecule has 0 aromatic heterocycles. The molecule has 0 saturated carbocycles. The summed E-state index contributed by atoms with van der Waals surface area (Å²) in [6, 6.07) is 16.9. The Balaban J connectivity index is 1.61. The lowest BCUT2D eigenvalue weighted by atomic mass is 9.79. The van der Waals surface area contributed by atoms with Gasteiger partial charge in [-0.1, -0.05) is 60.7 Å². The second-order valence-corrected chi connectivity index (χ2v) is 6.69. The molecule has 1 aliphatic rings. The molecule has 1 aliphatic heterocycles. The van der Waals surface area contributed by atoms with Crippen LogP contribution < -0.4 is 0 Å². The zero-order chi connectivity index (χ0) is 20.1. The first-order chi connectivity index (χ1) is 13.5. The molecule has 1 saturated heterocycles. The molecule has 144 valence electrons. The summed E-state index contributed by atoms with van der Waals surface area (Å²) >= 11 is 0. The average molecular weight is 379 g/mol. The van der Waals surface area contributed by atoms with Crippen LogP contribution in [-0.2, 0) is 25.7 Å². The van der Waals surface area contributed by atoms with E-state index >= 15 is 0 Å². The Morgan fingerprint density at radius 2 is 1.57 bits per heavy atom. The van der Waals surface area contributed by atoms with Crippen molar-refractivity contribution in [3.8, 4) is 0 Å². The van der Waals surface area contributed by atoms with Crippen LogP contribution in [0.2, 0.25) is 0 Å². The number of carbonyl (C=O) groups is 4. The summed E-state index contributed by atoms with van der Waals surface area (Å²) in [4.78, 5) is 49.9. The predicted octanol–water partition coefficient (Wildman–Crippen LogP) is 2.77. The number of rotatable bonds is 7. The summed E-state index contributed by atoms with van der Waals surface area (Å²) in [5.74, 6) is -2.32. The molecule has 0 unspecified atom stereocenters. The quantitative estimate of drug-likeness (QED) is 0.420. The van der Waals surface area contributed by atoms with Gasteiger partial charge in [-0.3, -0.25) is 24.1 Å². The number of amides is 2. The molecule has 0 radical (unpaired) electrons. The van der Waals surface area contributed by atoms with Crippen LogP contribution in [0.25, 0.3) is 0 Å². The van der Waals surface area contributed by atoms with Gasteiger partial charge in [0.25, 0.3) is 0 Å². The largest absolute Gasteiger partial charge is 0.461 e. The molecular formula is C22H21NO5. The van der Waals surface area contributed by atoms with E-state index in [0.717, 1.165) is 10.5 Å². The highest BCUT2D eigenvalue weighted by Gasteiger charge is 2.53. The van der Waals surface area contributed by atoms with Gasteiger partial charge in [0.1, 0.15) is 12.6 Å². The highest BCUT2D eigenvalue weighted by molar-refractivity contribution is 6.14. The van der Waals surface area contributed by atoms with Crippen molar-refractivity contribution in [1.29, 1.82) is 0 Å². The number of benzene rings is 2. The third-order valence-corrected chi connectivity index (χ3v) is 4.78. The SMILES string of the molecule is CC(=O)N1C(=O)[C@H](CCC(=O)OCc2ccccc2)[C@@H]1C(=O)c1ccccc1. The molecule has 1 fully saturated rings. The smallest absolute Gasteiger partial charge is 0.306 e. The molecule has 2 aromatic carbocycles. The predicted molar refractivity (Wildman–Crippen MR) is 101 cm³/mol. The van der Waals surface area contributed by atoms with Crippen LogP contribution in [0, 0.1) is 5.92 Å². The molecule has 2 aromatic rings. The first kappa shape index (κ1) is 19.5. The number of hydrogen-bond acceptors (Lipinski definition) is 5. The van der Waals surface area contributed by atoms with E-state index in [2.05, 4.69) is 0 Å². The molecule has 0 N–H and O–H groups in total. The molecule has 0 aliphatic carbocycles. The van der Waals surface area contributed by atoms with E-state index in [1.54, 1.807) is 30.3 Å². The number of nitrogens with zero attached hydrogens (tertiary/aromatic N) is 1. The standard InChI is InChI=1S/C22H21NO5/c1-15(24)23-20(21(26)17-10-6-3-7-11-17)18(22(23)27)12-13-19(25)28-14-16-8-4-2-5-9-16/h2-11,18,20H,12-14H2,1H3/t18-,20-/m1/s1. The second-order valence-electron chi connectivity index (χ2n) is 6.69. The van der Waals surface area contributed by atoms with Gasteiger partial charge in [-0.25, -0.2) is 0 Å². The Morgan fingerprint density at radius 1 is 0.964 bits per heavy atom. The summed E-state index contributed by atoms with van der Waals surface area (Å²) in [5, 5.41) is 0. The summed E-state index contributed by atoms with van der Waals surface area (Å²) in [6.07, 6.45) is 0.174. The van der Waals surface area contributed by atoms with Gasteiger partial charge >= 0.3 is 5.97 Å².